The summed E-state index contributed by atoms with van der Waals surface area (Å²) in [6.07, 6.45) is 0. The van der Waals surface area contributed by atoms with E-state index in [-0.39, 0.29) is 0 Å². The summed E-state index contributed by atoms with van der Waals surface area (Å²) in [5, 5.41) is 1.15. The summed E-state index contributed by atoms with van der Waals surface area (Å²) in [7, 11) is 0. The number of nitrogen functional groups attached to an aromatic ring is 1. The number of hydrogen-bond acceptors (Lipinski definition) is 6. The average Bonchev–Trinajstić information content (AvgIpc) is 2.13. The number of rotatable bonds is 2. The molecule has 0 saturated carbocycles. The van der Waals surface area contributed by atoms with E-state index in [9.17, 15) is 0 Å². The fraction of sp³-hybridized carbons (Fsp3) is 0.200. The maximum absolute atomic E-state index is 5.64. The zero-order valence-corrected chi connectivity index (χ0v) is 11.7. The number of aromatic nitrogens is 4. The molecule has 7 heteroatoms. The molecule has 0 aromatic carbocycles. The minimum atomic E-state index is 0.416. The van der Waals surface area contributed by atoms with Crippen molar-refractivity contribution in [1.29, 1.82) is 0 Å². The van der Waals surface area contributed by atoms with E-state index >= 15 is 0 Å². The molecular formula is C10H10BrN5S. The third kappa shape index (κ3) is 3.37. The Labute approximate surface area is 111 Å². The van der Waals surface area contributed by atoms with Gasteiger partial charge in [0.05, 0.1) is 0 Å². The molecule has 0 fully saturated rings. The van der Waals surface area contributed by atoms with Crippen LogP contribution in [0, 0.1) is 13.8 Å². The molecule has 2 rings (SSSR count). The van der Waals surface area contributed by atoms with Gasteiger partial charge in [0.25, 0.3) is 0 Å². The van der Waals surface area contributed by atoms with Gasteiger partial charge in [-0.15, -0.1) is 0 Å². The van der Waals surface area contributed by atoms with Crippen molar-refractivity contribution in [3.63, 3.8) is 0 Å². The fourth-order valence-electron chi connectivity index (χ4n) is 1.28. The number of nitrogens with zero attached hydrogens (tertiary/aromatic N) is 4. The lowest BCUT2D eigenvalue weighted by Gasteiger charge is -2.02. The normalized spacial score (nSPS) is 10.5. The Bertz CT molecular complexity index is 470. The van der Waals surface area contributed by atoms with Crippen LogP contribution in [0.5, 0.6) is 0 Å². The predicted molar refractivity (Wildman–Crippen MR) is 69.8 cm³/mol. The monoisotopic (exact) mass is 311 g/mol. The van der Waals surface area contributed by atoms with Crippen molar-refractivity contribution in [2.24, 2.45) is 0 Å². The molecule has 0 saturated heterocycles. The summed E-state index contributed by atoms with van der Waals surface area (Å²) in [6, 6.07) is 3.56. The third-order valence-electron chi connectivity index (χ3n) is 1.84. The number of aryl methyl sites for hydroxylation is 2. The molecule has 2 N–H and O–H groups in total. The summed E-state index contributed by atoms with van der Waals surface area (Å²) < 4.78 is 0.650. The van der Waals surface area contributed by atoms with Gasteiger partial charge in [-0.25, -0.2) is 19.9 Å². The zero-order chi connectivity index (χ0) is 12.4. The Hall–Kier alpha value is -1.21. The van der Waals surface area contributed by atoms with E-state index in [2.05, 4.69) is 35.9 Å². The molecule has 0 amide bonds. The highest BCUT2D eigenvalue weighted by Gasteiger charge is 2.07. The lowest BCUT2D eigenvalue weighted by molar-refractivity contribution is 0.885. The molecule has 0 spiro atoms. The zero-order valence-electron chi connectivity index (χ0n) is 9.31. The smallest absolute Gasteiger partial charge is 0.198 e. The van der Waals surface area contributed by atoms with E-state index in [0.29, 0.717) is 20.7 Å². The van der Waals surface area contributed by atoms with Crippen LogP contribution >= 0.6 is 27.7 Å². The van der Waals surface area contributed by atoms with Crippen molar-refractivity contribution < 1.29 is 0 Å². The lowest BCUT2D eigenvalue weighted by atomic mass is 10.4. The van der Waals surface area contributed by atoms with Crippen molar-refractivity contribution in [2.45, 2.75) is 24.2 Å². The second-order valence-corrected chi connectivity index (χ2v) is 5.18. The summed E-state index contributed by atoms with van der Waals surface area (Å²) in [6.45, 7) is 3.85. The van der Waals surface area contributed by atoms with Crippen LogP contribution in [0.25, 0.3) is 0 Å². The Morgan fingerprint density at radius 3 is 2.18 bits per heavy atom. The van der Waals surface area contributed by atoms with Crippen molar-refractivity contribution in [3.05, 3.63) is 28.1 Å². The number of anilines is 1. The van der Waals surface area contributed by atoms with E-state index in [1.165, 1.54) is 11.8 Å². The van der Waals surface area contributed by atoms with Crippen molar-refractivity contribution >= 4 is 33.5 Å². The Morgan fingerprint density at radius 1 is 1.00 bits per heavy atom. The lowest BCUT2D eigenvalue weighted by Crippen LogP contribution is -1.97. The Kier molecular flexibility index (Phi) is 3.58. The molecule has 0 bridgehead atoms. The van der Waals surface area contributed by atoms with E-state index in [0.717, 1.165) is 11.4 Å². The molecule has 17 heavy (non-hydrogen) atoms. The molecule has 2 aromatic rings. The Balaban J connectivity index is 2.31. The van der Waals surface area contributed by atoms with Crippen LogP contribution in [0.4, 0.5) is 5.82 Å². The first-order chi connectivity index (χ1) is 8.02. The van der Waals surface area contributed by atoms with Crippen molar-refractivity contribution in [1.82, 2.24) is 19.9 Å². The molecule has 2 heterocycles. The molecular weight excluding hydrogens is 302 g/mol. The van der Waals surface area contributed by atoms with Gasteiger partial charge >= 0.3 is 0 Å². The number of hydrogen-bond donors (Lipinski definition) is 1. The summed E-state index contributed by atoms with van der Waals surface area (Å²) >= 11 is 4.56. The summed E-state index contributed by atoms with van der Waals surface area (Å²) in [5.74, 6) is 0.416. The average molecular weight is 312 g/mol. The van der Waals surface area contributed by atoms with E-state index < -0.39 is 0 Å². The van der Waals surface area contributed by atoms with E-state index in [1.54, 1.807) is 6.07 Å². The standard InChI is InChI=1S/C10H10BrN5S/c1-5-3-6(2)14-9(13-5)17-10-15-7(11)4-8(12)16-10/h3-4H,1-2H3,(H2,12,15,16). The van der Waals surface area contributed by atoms with Gasteiger partial charge < -0.3 is 5.73 Å². The SMILES string of the molecule is Cc1cc(C)nc(Sc2nc(N)cc(Br)n2)n1. The first kappa shape index (κ1) is 12.3. The van der Waals surface area contributed by atoms with Gasteiger partial charge in [0.2, 0.25) is 0 Å². The van der Waals surface area contributed by atoms with Crippen LogP contribution in [0.3, 0.4) is 0 Å². The molecule has 0 aliphatic rings. The Morgan fingerprint density at radius 2 is 1.59 bits per heavy atom. The third-order valence-corrected chi connectivity index (χ3v) is 2.98. The van der Waals surface area contributed by atoms with Crippen LogP contribution in [-0.4, -0.2) is 19.9 Å². The second kappa shape index (κ2) is 4.97. The molecule has 5 nitrogen and oxygen atoms in total. The summed E-state index contributed by atoms with van der Waals surface area (Å²) in [5.41, 5.74) is 7.48. The van der Waals surface area contributed by atoms with Crippen LogP contribution in [0.2, 0.25) is 0 Å². The quantitative estimate of drug-likeness (QED) is 0.677. The largest absolute Gasteiger partial charge is 0.384 e. The number of nitrogens with two attached hydrogens (primary N) is 1. The summed E-state index contributed by atoms with van der Waals surface area (Å²) in [4.78, 5) is 16.9. The molecule has 2 aromatic heterocycles. The molecule has 0 aliphatic heterocycles. The first-order valence-corrected chi connectivity index (χ1v) is 6.44. The second-order valence-electron chi connectivity index (χ2n) is 3.43. The van der Waals surface area contributed by atoms with Gasteiger partial charge in [-0.1, -0.05) is 0 Å². The molecule has 88 valence electrons. The van der Waals surface area contributed by atoms with Crippen LogP contribution in [0.15, 0.2) is 27.0 Å². The minimum absolute atomic E-state index is 0.416. The van der Waals surface area contributed by atoms with Crippen LogP contribution < -0.4 is 5.73 Å². The van der Waals surface area contributed by atoms with Crippen LogP contribution in [0.1, 0.15) is 11.4 Å². The highest BCUT2D eigenvalue weighted by Crippen LogP contribution is 2.23. The maximum atomic E-state index is 5.64. The van der Waals surface area contributed by atoms with E-state index in [1.807, 2.05) is 19.9 Å². The van der Waals surface area contributed by atoms with E-state index in [4.69, 9.17) is 5.73 Å². The molecule has 0 unspecified atom stereocenters. The fourth-order valence-corrected chi connectivity index (χ4v) is 2.64. The molecule has 0 atom stereocenters. The van der Waals surface area contributed by atoms with Gasteiger partial charge in [0, 0.05) is 17.5 Å². The predicted octanol–water partition coefficient (Wildman–Crippen LogP) is 2.38. The van der Waals surface area contributed by atoms with Gasteiger partial charge in [-0.2, -0.15) is 0 Å². The van der Waals surface area contributed by atoms with Gasteiger partial charge in [-0.05, 0) is 47.6 Å². The molecule has 0 radical (unpaired) electrons. The first-order valence-electron chi connectivity index (χ1n) is 4.83. The van der Waals surface area contributed by atoms with Crippen molar-refractivity contribution in [3.8, 4) is 0 Å². The highest BCUT2D eigenvalue weighted by atomic mass is 79.9. The van der Waals surface area contributed by atoms with Gasteiger partial charge in [0.1, 0.15) is 10.4 Å². The van der Waals surface area contributed by atoms with Gasteiger partial charge in [0.15, 0.2) is 10.3 Å². The van der Waals surface area contributed by atoms with Crippen molar-refractivity contribution in [2.75, 3.05) is 5.73 Å². The van der Waals surface area contributed by atoms with Gasteiger partial charge in [-0.3, -0.25) is 0 Å². The van der Waals surface area contributed by atoms with Crippen LogP contribution in [-0.2, 0) is 0 Å². The molecule has 0 aliphatic carbocycles. The maximum Gasteiger partial charge on any atom is 0.198 e. The topological polar surface area (TPSA) is 77.6 Å². The highest BCUT2D eigenvalue weighted by molar-refractivity contribution is 9.10. The minimum Gasteiger partial charge on any atom is -0.384 e. The number of halogens is 1.